The Hall–Kier alpha value is -5.19. The van der Waals surface area contributed by atoms with Crippen molar-refractivity contribution in [3.63, 3.8) is 0 Å². The van der Waals surface area contributed by atoms with E-state index in [1.807, 2.05) is 6.07 Å². The van der Waals surface area contributed by atoms with Crippen LogP contribution >= 0.6 is 0 Å². The van der Waals surface area contributed by atoms with E-state index in [0.717, 1.165) is 17.0 Å². The number of alkyl halides is 3. The van der Waals surface area contributed by atoms with E-state index in [2.05, 4.69) is 30.9 Å². The molecule has 200 valence electrons. The number of hydrogen-bond donors (Lipinski definition) is 4. The SMILES string of the molecule is CCNC(=O)Nc1cccc(-n2c(C(C)Nc3ncnc(N)c3C#N)nc3cccc(C(F)(F)F)c3c2=O)c1. The van der Waals surface area contributed by atoms with Crippen LogP contribution in [0.2, 0.25) is 0 Å². The van der Waals surface area contributed by atoms with Crippen molar-refractivity contribution >= 4 is 34.3 Å². The Morgan fingerprint density at radius 3 is 2.64 bits per heavy atom. The minimum atomic E-state index is -4.81. The number of hydrogen-bond acceptors (Lipinski definition) is 8. The van der Waals surface area contributed by atoms with Crippen LogP contribution in [0.25, 0.3) is 16.6 Å². The third-order valence-electron chi connectivity index (χ3n) is 5.66. The van der Waals surface area contributed by atoms with Crippen molar-refractivity contribution in [2.24, 2.45) is 0 Å². The van der Waals surface area contributed by atoms with Crippen LogP contribution in [0.3, 0.4) is 0 Å². The molecule has 1 unspecified atom stereocenters. The molecule has 0 saturated heterocycles. The summed E-state index contributed by atoms with van der Waals surface area (Å²) in [6.45, 7) is 3.69. The number of carbonyl (C=O) groups excluding carboxylic acids is 1. The molecule has 39 heavy (non-hydrogen) atoms. The van der Waals surface area contributed by atoms with E-state index in [1.165, 1.54) is 30.3 Å². The van der Waals surface area contributed by atoms with Crippen molar-refractivity contribution in [1.29, 1.82) is 5.26 Å². The van der Waals surface area contributed by atoms with Gasteiger partial charge in [0.1, 0.15) is 35.4 Å². The highest BCUT2D eigenvalue weighted by Gasteiger charge is 2.35. The summed E-state index contributed by atoms with van der Waals surface area (Å²) in [4.78, 5) is 38.1. The number of nitrogens with zero attached hydrogens (tertiary/aromatic N) is 5. The molecule has 0 saturated carbocycles. The van der Waals surface area contributed by atoms with E-state index in [0.29, 0.717) is 6.54 Å². The number of nitriles is 1. The molecule has 0 fully saturated rings. The van der Waals surface area contributed by atoms with Crippen molar-refractivity contribution in [1.82, 2.24) is 24.8 Å². The topological polar surface area (TPSA) is 164 Å². The number of rotatable bonds is 6. The van der Waals surface area contributed by atoms with Gasteiger partial charge in [0.2, 0.25) is 0 Å². The maximum absolute atomic E-state index is 13.9. The summed E-state index contributed by atoms with van der Waals surface area (Å²) < 4.78 is 42.7. The predicted octanol–water partition coefficient (Wildman–Crippen LogP) is 3.96. The Morgan fingerprint density at radius 1 is 1.21 bits per heavy atom. The average Bonchev–Trinajstić information content (AvgIpc) is 2.88. The zero-order valence-electron chi connectivity index (χ0n) is 20.7. The quantitative estimate of drug-likeness (QED) is 0.287. The minimum absolute atomic E-state index is 0.0167. The zero-order valence-corrected chi connectivity index (χ0v) is 20.7. The summed E-state index contributed by atoms with van der Waals surface area (Å²) in [5, 5.41) is 17.0. The Balaban J connectivity index is 1.95. The lowest BCUT2D eigenvalue weighted by Gasteiger charge is -2.22. The number of aromatic nitrogens is 4. The van der Waals surface area contributed by atoms with Gasteiger partial charge in [-0.05, 0) is 44.2 Å². The van der Waals surface area contributed by atoms with E-state index in [9.17, 15) is 28.0 Å². The van der Waals surface area contributed by atoms with Crippen LogP contribution in [-0.4, -0.2) is 32.1 Å². The van der Waals surface area contributed by atoms with Crippen molar-refractivity contribution < 1.29 is 18.0 Å². The summed E-state index contributed by atoms with van der Waals surface area (Å²) in [5.41, 5.74) is 3.87. The maximum atomic E-state index is 13.9. The molecule has 2 aromatic heterocycles. The van der Waals surface area contributed by atoms with Gasteiger partial charge < -0.3 is 21.7 Å². The van der Waals surface area contributed by atoms with Crippen LogP contribution < -0.4 is 27.2 Å². The van der Waals surface area contributed by atoms with Crippen molar-refractivity contribution in [2.45, 2.75) is 26.1 Å². The molecule has 4 aromatic rings. The number of anilines is 3. The second kappa shape index (κ2) is 10.7. The first-order valence-corrected chi connectivity index (χ1v) is 11.6. The zero-order chi connectivity index (χ0) is 28.3. The van der Waals surface area contributed by atoms with Crippen LogP contribution in [-0.2, 0) is 6.18 Å². The molecule has 0 aliphatic heterocycles. The van der Waals surface area contributed by atoms with Crippen LogP contribution in [0.5, 0.6) is 0 Å². The largest absolute Gasteiger partial charge is 0.417 e. The van der Waals surface area contributed by atoms with Gasteiger partial charge in [0.25, 0.3) is 5.56 Å². The number of benzene rings is 2. The first-order chi connectivity index (χ1) is 18.5. The molecule has 14 heteroatoms. The summed E-state index contributed by atoms with van der Waals surface area (Å²) in [7, 11) is 0. The van der Waals surface area contributed by atoms with Gasteiger partial charge in [-0.2, -0.15) is 18.4 Å². The van der Waals surface area contributed by atoms with Gasteiger partial charge in [-0.25, -0.2) is 19.7 Å². The molecule has 0 aliphatic carbocycles. The molecule has 0 bridgehead atoms. The summed E-state index contributed by atoms with van der Waals surface area (Å²) >= 11 is 0. The number of carbonyl (C=O) groups is 1. The lowest BCUT2D eigenvalue weighted by atomic mass is 10.1. The van der Waals surface area contributed by atoms with Gasteiger partial charge in [-0.1, -0.05) is 12.1 Å². The molecule has 2 heterocycles. The average molecular weight is 538 g/mol. The molecule has 11 nitrogen and oxygen atoms in total. The van der Waals surface area contributed by atoms with Gasteiger partial charge in [0.15, 0.2) is 0 Å². The summed E-state index contributed by atoms with van der Waals surface area (Å²) in [6.07, 6.45) is -3.68. The standard InChI is InChI=1S/C25H22F3N9O2/c1-3-31-24(39)35-14-6-4-7-15(10-14)37-22(13(2)34-21-16(11-29)20(30)32-12-33-21)36-18-9-5-8-17(25(26,27)28)19(18)23(37)38/h4-10,12-13H,3H2,1-2H3,(H2,31,35,39)(H3,30,32,33,34). The number of urea groups is 1. The number of nitrogen functional groups attached to an aromatic ring is 1. The summed E-state index contributed by atoms with van der Waals surface area (Å²) in [5.74, 6) is -0.0119. The molecule has 0 radical (unpaired) electrons. The Kier molecular flexibility index (Phi) is 7.34. The molecular weight excluding hydrogens is 515 g/mol. The molecule has 1 atom stereocenters. The first-order valence-electron chi connectivity index (χ1n) is 11.6. The van der Waals surface area contributed by atoms with Crippen molar-refractivity contribution in [2.75, 3.05) is 22.9 Å². The number of nitrogens with one attached hydrogen (secondary N) is 3. The van der Waals surface area contributed by atoms with E-state index in [-0.39, 0.29) is 39.9 Å². The lowest BCUT2D eigenvalue weighted by molar-refractivity contribution is -0.136. The fourth-order valence-corrected chi connectivity index (χ4v) is 3.97. The lowest BCUT2D eigenvalue weighted by Crippen LogP contribution is -2.30. The van der Waals surface area contributed by atoms with Gasteiger partial charge >= 0.3 is 12.2 Å². The molecular formula is C25H22F3N9O2. The Labute approximate surface area is 219 Å². The summed E-state index contributed by atoms with van der Waals surface area (Å²) in [6, 6.07) is 9.83. The van der Waals surface area contributed by atoms with E-state index < -0.39 is 34.8 Å². The van der Waals surface area contributed by atoms with Crippen LogP contribution in [0.1, 0.15) is 36.8 Å². The number of amides is 2. The fraction of sp³-hybridized carbons (Fsp3) is 0.200. The molecule has 5 N–H and O–H groups in total. The molecule has 0 aliphatic rings. The van der Waals surface area contributed by atoms with E-state index >= 15 is 0 Å². The third kappa shape index (κ3) is 5.42. The first kappa shape index (κ1) is 26.9. The van der Waals surface area contributed by atoms with Crippen molar-refractivity contribution in [3.05, 3.63) is 76.1 Å². The highest BCUT2D eigenvalue weighted by atomic mass is 19.4. The second-order valence-corrected chi connectivity index (χ2v) is 8.30. The monoisotopic (exact) mass is 537 g/mol. The Morgan fingerprint density at radius 2 is 1.95 bits per heavy atom. The van der Waals surface area contributed by atoms with Crippen molar-refractivity contribution in [3.8, 4) is 11.8 Å². The number of nitrogens with two attached hydrogens (primary N) is 1. The number of fused-ring (bicyclic) bond motifs is 1. The number of halogens is 3. The second-order valence-electron chi connectivity index (χ2n) is 8.30. The predicted molar refractivity (Wildman–Crippen MR) is 138 cm³/mol. The highest BCUT2D eigenvalue weighted by Crippen LogP contribution is 2.34. The molecule has 4 rings (SSSR count). The van der Waals surface area contributed by atoms with Crippen LogP contribution in [0.15, 0.2) is 53.6 Å². The van der Waals surface area contributed by atoms with Gasteiger partial charge in [0, 0.05) is 12.2 Å². The van der Waals surface area contributed by atoms with Crippen LogP contribution in [0.4, 0.5) is 35.3 Å². The molecule has 2 amide bonds. The maximum Gasteiger partial charge on any atom is 0.417 e. The highest BCUT2D eigenvalue weighted by molar-refractivity contribution is 5.89. The van der Waals surface area contributed by atoms with E-state index in [4.69, 9.17) is 5.73 Å². The van der Waals surface area contributed by atoms with Gasteiger partial charge in [-0.15, -0.1) is 0 Å². The Bertz CT molecular complexity index is 1660. The smallest absolute Gasteiger partial charge is 0.382 e. The van der Waals surface area contributed by atoms with Crippen LogP contribution in [0, 0.1) is 11.3 Å². The van der Waals surface area contributed by atoms with Gasteiger partial charge in [0.05, 0.1) is 28.2 Å². The molecule has 0 spiro atoms. The normalized spacial score (nSPS) is 12.0. The van der Waals surface area contributed by atoms with Gasteiger partial charge in [-0.3, -0.25) is 9.36 Å². The molecule has 2 aromatic carbocycles. The van der Waals surface area contributed by atoms with E-state index in [1.54, 1.807) is 19.9 Å². The fourth-order valence-electron chi connectivity index (χ4n) is 3.97. The minimum Gasteiger partial charge on any atom is -0.382 e. The third-order valence-corrected chi connectivity index (χ3v) is 5.66.